The summed E-state index contributed by atoms with van der Waals surface area (Å²) in [5, 5.41) is 0. The van der Waals surface area contributed by atoms with Crippen LogP contribution in [-0.4, -0.2) is 34.0 Å². The zero-order valence-corrected chi connectivity index (χ0v) is 12.1. The van der Waals surface area contributed by atoms with Gasteiger partial charge in [-0.05, 0) is 13.0 Å². The molecule has 0 heterocycles. The maximum atomic E-state index is 5.57. The monoisotopic (exact) mass is 245 g/mol. The van der Waals surface area contributed by atoms with Gasteiger partial charge < -0.3 is 10.5 Å². The Balaban J connectivity index is 3.43. The standard InChI is InChI=1S/C11H27N3OSi/c1-10(2)11(8-12)14-13-9-15-6-7-16(3,4)5/h11,13-14H,1,6-9,12H2,2-5H3. The lowest BCUT2D eigenvalue weighted by atomic mass is 10.2. The van der Waals surface area contributed by atoms with E-state index in [1.807, 2.05) is 6.92 Å². The largest absolute Gasteiger partial charge is 0.365 e. The van der Waals surface area contributed by atoms with E-state index >= 15 is 0 Å². The fraction of sp³-hybridized carbons (Fsp3) is 0.818. The molecule has 0 aromatic heterocycles. The highest BCUT2D eigenvalue weighted by atomic mass is 28.3. The van der Waals surface area contributed by atoms with Crippen LogP contribution in [0.4, 0.5) is 0 Å². The molecule has 0 radical (unpaired) electrons. The predicted molar refractivity (Wildman–Crippen MR) is 72.9 cm³/mol. The molecule has 0 bridgehead atoms. The molecule has 0 aliphatic rings. The number of nitrogens with one attached hydrogen (secondary N) is 2. The molecule has 0 saturated heterocycles. The Labute approximate surface area is 101 Å². The lowest BCUT2D eigenvalue weighted by Crippen LogP contribution is -2.46. The van der Waals surface area contributed by atoms with E-state index in [0.717, 1.165) is 12.2 Å². The molecule has 0 aromatic rings. The minimum absolute atomic E-state index is 0.112. The Morgan fingerprint density at radius 3 is 2.50 bits per heavy atom. The predicted octanol–water partition coefficient (Wildman–Crippen LogP) is 1.30. The number of hydrogen-bond donors (Lipinski definition) is 3. The summed E-state index contributed by atoms with van der Waals surface area (Å²) < 4.78 is 5.47. The van der Waals surface area contributed by atoms with Crippen molar-refractivity contribution in [3.05, 3.63) is 12.2 Å². The van der Waals surface area contributed by atoms with Crippen LogP contribution in [0.25, 0.3) is 0 Å². The molecule has 96 valence electrons. The molecule has 16 heavy (non-hydrogen) atoms. The summed E-state index contributed by atoms with van der Waals surface area (Å²) in [6, 6.07) is 1.30. The first-order chi connectivity index (χ1) is 7.37. The molecule has 0 rings (SSSR count). The van der Waals surface area contributed by atoms with Crippen molar-refractivity contribution in [2.75, 3.05) is 19.9 Å². The van der Waals surface area contributed by atoms with Crippen molar-refractivity contribution in [2.45, 2.75) is 38.7 Å². The maximum Gasteiger partial charge on any atom is 0.109 e. The SMILES string of the molecule is C=C(C)C(CN)NNCOCC[Si](C)(C)C. The summed E-state index contributed by atoms with van der Waals surface area (Å²) in [6.45, 7) is 14.7. The molecule has 1 atom stereocenters. The lowest BCUT2D eigenvalue weighted by Gasteiger charge is -2.19. The van der Waals surface area contributed by atoms with E-state index in [-0.39, 0.29) is 6.04 Å². The maximum absolute atomic E-state index is 5.57. The molecule has 0 spiro atoms. The summed E-state index contributed by atoms with van der Waals surface area (Å²) in [5.41, 5.74) is 12.7. The molecule has 4 N–H and O–H groups in total. The summed E-state index contributed by atoms with van der Waals surface area (Å²) in [4.78, 5) is 0. The summed E-state index contributed by atoms with van der Waals surface area (Å²) in [5.74, 6) is 0. The van der Waals surface area contributed by atoms with Gasteiger partial charge in [0.2, 0.25) is 0 Å². The van der Waals surface area contributed by atoms with Gasteiger partial charge in [-0.3, -0.25) is 0 Å². The highest BCUT2D eigenvalue weighted by molar-refractivity contribution is 6.76. The van der Waals surface area contributed by atoms with Gasteiger partial charge >= 0.3 is 0 Å². The van der Waals surface area contributed by atoms with Crippen molar-refractivity contribution in [1.82, 2.24) is 10.9 Å². The van der Waals surface area contributed by atoms with Gasteiger partial charge in [-0.25, -0.2) is 10.9 Å². The third-order valence-corrected chi connectivity index (χ3v) is 3.98. The zero-order chi connectivity index (χ0) is 12.6. The number of rotatable bonds is 9. The molecule has 0 aliphatic carbocycles. The van der Waals surface area contributed by atoms with E-state index in [1.54, 1.807) is 0 Å². The van der Waals surface area contributed by atoms with Crippen LogP contribution < -0.4 is 16.6 Å². The summed E-state index contributed by atoms with van der Waals surface area (Å²) in [7, 11) is -0.971. The van der Waals surface area contributed by atoms with Crippen molar-refractivity contribution in [3.8, 4) is 0 Å². The third-order valence-electron chi connectivity index (χ3n) is 2.28. The molecule has 0 fully saturated rings. The van der Waals surface area contributed by atoms with Crippen LogP contribution in [0.3, 0.4) is 0 Å². The van der Waals surface area contributed by atoms with E-state index in [2.05, 4.69) is 37.1 Å². The van der Waals surface area contributed by atoms with E-state index in [1.165, 1.54) is 6.04 Å². The zero-order valence-electron chi connectivity index (χ0n) is 11.1. The van der Waals surface area contributed by atoms with E-state index in [0.29, 0.717) is 13.3 Å². The van der Waals surface area contributed by atoms with E-state index < -0.39 is 8.07 Å². The van der Waals surface area contributed by atoms with Gasteiger partial charge in [0, 0.05) is 21.2 Å². The number of hydrazine groups is 1. The first-order valence-corrected chi connectivity index (χ1v) is 9.49. The molecular formula is C11H27N3OSi. The van der Waals surface area contributed by atoms with Gasteiger partial charge in [-0.2, -0.15) is 0 Å². The smallest absolute Gasteiger partial charge is 0.109 e. The highest BCUT2D eigenvalue weighted by Crippen LogP contribution is 2.06. The molecule has 1 unspecified atom stereocenters. The van der Waals surface area contributed by atoms with Crippen molar-refractivity contribution in [3.63, 3.8) is 0 Å². The van der Waals surface area contributed by atoms with Gasteiger partial charge in [0.25, 0.3) is 0 Å². The number of nitrogens with two attached hydrogens (primary N) is 1. The van der Waals surface area contributed by atoms with Crippen molar-refractivity contribution in [1.29, 1.82) is 0 Å². The average molecular weight is 245 g/mol. The van der Waals surface area contributed by atoms with Gasteiger partial charge in [-0.1, -0.05) is 31.8 Å². The Kier molecular flexibility index (Phi) is 7.87. The fourth-order valence-corrected chi connectivity index (χ4v) is 1.81. The second-order valence-electron chi connectivity index (χ2n) is 5.32. The lowest BCUT2D eigenvalue weighted by molar-refractivity contribution is 0.114. The molecular weight excluding hydrogens is 218 g/mol. The van der Waals surface area contributed by atoms with Gasteiger partial charge in [0.05, 0.1) is 6.04 Å². The van der Waals surface area contributed by atoms with Crippen LogP contribution in [-0.2, 0) is 4.74 Å². The normalized spacial score (nSPS) is 13.8. The van der Waals surface area contributed by atoms with E-state index in [4.69, 9.17) is 10.5 Å². The Bertz CT molecular complexity index is 204. The minimum Gasteiger partial charge on any atom is -0.365 e. The molecule has 4 nitrogen and oxygen atoms in total. The highest BCUT2D eigenvalue weighted by Gasteiger charge is 2.11. The van der Waals surface area contributed by atoms with Crippen molar-refractivity contribution >= 4 is 8.07 Å². The molecule has 0 amide bonds. The van der Waals surface area contributed by atoms with E-state index in [9.17, 15) is 0 Å². The Hall–Kier alpha value is -0.203. The van der Waals surface area contributed by atoms with Gasteiger partial charge in [-0.15, -0.1) is 0 Å². The molecule has 5 heteroatoms. The summed E-state index contributed by atoms with van der Waals surface area (Å²) >= 11 is 0. The van der Waals surface area contributed by atoms with Crippen LogP contribution in [0.5, 0.6) is 0 Å². The Morgan fingerprint density at radius 1 is 1.44 bits per heavy atom. The minimum atomic E-state index is -0.971. The number of hydrogen-bond acceptors (Lipinski definition) is 4. The van der Waals surface area contributed by atoms with Crippen molar-refractivity contribution in [2.24, 2.45) is 5.73 Å². The molecule has 0 aromatic carbocycles. The van der Waals surface area contributed by atoms with Crippen LogP contribution in [0.2, 0.25) is 25.7 Å². The van der Waals surface area contributed by atoms with Crippen LogP contribution in [0.15, 0.2) is 12.2 Å². The van der Waals surface area contributed by atoms with Crippen molar-refractivity contribution < 1.29 is 4.74 Å². The van der Waals surface area contributed by atoms with Gasteiger partial charge in [0.15, 0.2) is 0 Å². The van der Waals surface area contributed by atoms with Crippen LogP contribution in [0.1, 0.15) is 6.92 Å². The summed E-state index contributed by atoms with van der Waals surface area (Å²) in [6.07, 6.45) is 0. The molecule has 0 aliphatic heterocycles. The quantitative estimate of drug-likeness (QED) is 0.188. The fourth-order valence-electron chi connectivity index (χ4n) is 1.05. The molecule has 0 saturated carbocycles. The van der Waals surface area contributed by atoms with Gasteiger partial charge in [0.1, 0.15) is 6.73 Å². The van der Waals surface area contributed by atoms with Crippen LogP contribution >= 0.6 is 0 Å². The second-order valence-corrected chi connectivity index (χ2v) is 10.9. The number of ether oxygens (including phenoxy) is 1. The Morgan fingerprint density at radius 2 is 2.06 bits per heavy atom. The first kappa shape index (κ1) is 15.8. The van der Waals surface area contributed by atoms with Crippen LogP contribution in [0, 0.1) is 0 Å². The first-order valence-electron chi connectivity index (χ1n) is 5.78. The third kappa shape index (κ3) is 9.05. The topological polar surface area (TPSA) is 59.3 Å². The average Bonchev–Trinajstić information content (AvgIpc) is 2.14. The second kappa shape index (κ2) is 7.97.